The number of hydrogen-bond donors (Lipinski definition) is 2. The normalized spacial score (nSPS) is 13.3. The monoisotopic (exact) mass is 417 g/mol. The topological polar surface area (TPSA) is 85.1 Å². The van der Waals surface area contributed by atoms with Crippen LogP contribution in [-0.2, 0) is 0 Å². The van der Waals surface area contributed by atoms with E-state index in [1.807, 2.05) is 55.5 Å². The first-order chi connectivity index (χ1) is 12.6. The maximum Gasteiger partial charge on any atom is 0.143 e. The van der Waals surface area contributed by atoms with Crippen molar-refractivity contribution in [1.82, 2.24) is 25.5 Å². The number of halogens is 1. The molecule has 2 atom stereocenters. The van der Waals surface area contributed by atoms with E-state index >= 15 is 0 Å². The Morgan fingerprint density at radius 2 is 1.88 bits per heavy atom. The highest BCUT2D eigenvalue weighted by Gasteiger charge is 2.10. The number of ether oxygens (including phenoxy) is 1. The van der Waals surface area contributed by atoms with Crippen LogP contribution in [0.3, 0.4) is 0 Å². The van der Waals surface area contributed by atoms with Gasteiger partial charge in [0.05, 0.1) is 5.69 Å². The number of aromatic nitrogens is 4. The molecule has 2 unspecified atom stereocenters. The summed E-state index contributed by atoms with van der Waals surface area (Å²) in [4.78, 5) is 0. The molecular weight excluding hydrogens is 398 g/mol. The van der Waals surface area contributed by atoms with Crippen LogP contribution in [0.2, 0.25) is 0 Å². The van der Waals surface area contributed by atoms with Gasteiger partial charge in [0.2, 0.25) is 0 Å². The summed E-state index contributed by atoms with van der Waals surface area (Å²) >= 11 is 3.38. The van der Waals surface area contributed by atoms with E-state index in [9.17, 15) is 5.11 Å². The fourth-order valence-corrected chi connectivity index (χ4v) is 2.67. The molecule has 0 aliphatic rings. The number of aliphatic hydroxyl groups is 1. The molecule has 0 fully saturated rings. The molecule has 0 saturated heterocycles. The van der Waals surface area contributed by atoms with Crippen molar-refractivity contribution in [3.05, 3.63) is 64.9 Å². The number of hydrogen-bond acceptors (Lipinski definition) is 6. The fraction of sp³-hybridized carbons (Fsp3) is 0.278. The summed E-state index contributed by atoms with van der Waals surface area (Å²) in [7, 11) is 0. The lowest BCUT2D eigenvalue weighted by molar-refractivity contribution is 0.104. The van der Waals surface area contributed by atoms with Crippen molar-refractivity contribution < 1.29 is 9.84 Å². The second-order valence-corrected chi connectivity index (χ2v) is 6.81. The van der Waals surface area contributed by atoms with Crippen molar-refractivity contribution in [2.24, 2.45) is 0 Å². The van der Waals surface area contributed by atoms with Gasteiger partial charge in [0.1, 0.15) is 24.8 Å². The van der Waals surface area contributed by atoms with Gasteiger partial charge in [-0.3, -0.25) is 0 Å². The van der Waals surface area contributed by atoms with Crippen molar-refractivity contribution in [1.29, 1.82) is 0 Å². The lowest BCUT2D eigenvalue weighted by atomic mass is 10.1. The van der Waals surface area contributed by atoms with Gasteiger partial charge in [-0.2, -0.15) is 0 Å². The van der Waals surface area contributed by atoms with Gasteiger partial charge in [0.25, 0.3) is 0 Å². The van der Waals surface area contributed by atoms with Gasteiger partial charge in [0, 0.05) is 17.1 Å². The van der Waals surface area contributed by atoms with Crippen molar-refractivity contribution in [3.8, 4) is 11.4 Å². The third-order valence-corrected chi connectivity index (χ3v) is 4.45. The zero-order chi connectivity index (χ0) is 18.4. The molecule has 0 aliphatic carbocycles. The molecule has 2 aromatic carbocycles. The maximum atomic E-state index is 10.1. The van der Waals surface area contributed by atoms with Crippen LogP contribution < -0.4 is 10.1 Å². The van der Waals surface area contributed by atoms with Crippen LogP contribution in [0.5, 0.6) is 5.75 Å². The van der Waals surface area contributed by atoms with Gasteiger partial charge in [-0.25, -0.2) is 4.68 Å². The van der Waals surface area contributed by atoms with Crippen molar-refractivity contribution in [3.63, 3.8) is 0 Å². The number of aliphatic hydroxyl groups excluding tert-OH is 1. The standard InChI is InChI=1S/C18H20BrN5O2/c1-13(14-2-6-16(7-3-14)24-12-21-22-23-24)20-10-17(25)11-26-18-8-4-15(19)5-9-18/h2-9,12-13,17,20,25H,10-11H2,1H3. The summed E-state index contributed by atoms with van der Waals surface area (Å²) in [6.07, 6.45) is 0.958. The van der Waals surface area contributed by atoms with E-state index in [4.69, 9.17) is 4.74 Å². The summed E-state index contributed by atoms with van der Waals surface area (Å²) in [5.41, 5.74) is 2.01. The highest BCUT2D eigenvalue weighted by Crippen LogP contribution is 2.17. The predicted molar refractivity (Wildman–Crippen MR) is 101 cm³/mol. The molecule has 0 aliphatic heterocycles. The van der Waals surface area contributed by atoms with Crippen LogP contribution in [0.1, 0.15) is 18.5 Å². The molecule has 1 aromatic heterocycles. The Morgan fingerprint density at radius 3 is 2.54 bits per heavy atom. The Hall–Kier alpha value is -2.29. The third-order valence-electron chi connectivity index (χ3n) is 3.92. The van der Waals surface area contributed by atoms with Crippen molar-refractivity contribution in [2.45, 2.75) is 19.1 Å². The molecule has 136 valence electrons. The Balaban J connectivity index is 1.45. The molecular formula is C18H20BrN5O2. The summed E-state index contributed by atoms with van der Waals surface area (Å²) in [6.45, 7) is 2.72. The number of nitrogens with zero attached hydrogens (tertiary/aromatic N) is 4. The van der Waals surface area contributed by atoms with Gasteiger partial charge in [0.15, 0.2) is 0 Å². The van der Waals surface area contributed by atoms with E-state index in [2.05, 4.69) is 36.8 Å². The molecule has 8 heteroatoms. The molecule has 1 heterocycles. The fourth-order valence-electron chi connectivity index (χ4n) is 2.41. The first-order valence-electron chi connectivity index (χ1n) is 8.25. The molecule has 3 aromatic rings. The van der Waals surface area contributed by atoms with Crippen molar-refractivity contribution in [2.75, 3.05) is 13.2 Å². The highest BCUT2D eigenvalue weighted by molar-refractivity contribution is 9.10. The Kier molecular flexibility index (Phi) is 6.32. The summed E-state index contributed by atoms with van der Waals surface area (Å²) < 4.78 is 8.18. The van der Waals surface area contributed by atoms with Crippen LogP contribution in [0.4, 0.5) is 0 Å². The first-order valence-corrected chi connectivity index (χ1v) is 9.04. The Bertz CT molecular complexity index is 793. The molecule has 0 spiro atoms. The minimum absolute atomic E-state index is 0.0975. The minimum atomic E-state index is -0.596. The Morgan fingerprint density at radius 1 is 1.15 bits per heavy atom. The summed E-state index contributed by atoms with van der Waals surface area (Å²) in [5, 5.41) is 24.5. The highest BCUT2D eigenvalue weighted by atomic mass is 79.9. The molecule has 0 saturated carbocycles. The molecule has 26 heavy (non-hydrogen) atoms. The lowest BCUT2D eigenvalue weighted by Crippen LogP contribution is -2.33. The van der Waals surface area contributed by atoms with E-state index in [0.717, 1.165) is 21.5 Å². The average Bonchev–Trinajstić information content (AvgIpc) is 3.20. The van der Waals surface area contributed by atoms with E-state index in [0.29, 0.717) is 6.54 Å². The number of benzene rings is 2. The van der Waals surface area contributed by atoms with E-state index < -0.39 is 6.10 Å². The van der Waals surface area contributed by atoms with Gasteiger partial charge >= 0.3 is 0 Å². The van der Waals surface area contributed by atoms with E-state index in [-0.39, 0.29) is 12.6 Å². The smallest absolute Gasteiger partial charge is 0.143 e. The van der Waals surface area contributed by atoms with Gasteiger partial charge in [-0.05, 0) is 59.3 Å². The largest absolute Gasteiger partial charge is 0.491 e. The average molecular weight is 418 g/mol. The van der Waals surface area contributed by atoms with Crippen LogP contribution in [0, 0.1) is 0 Å². The van der Waals surface area contributed by atoms with Crippen molar-refractivity contribution >= 4 is 15.9 Å². The number of nitrogens with one attached hydrogen (secondary N) is 1. The second kappa shape index (κ2) is 8.88. The number of tetrazole rings is 1. The molecule has 0 bridgehead atoms. The predicted octanol–water partition coefficient (Wildman–Crippen LogP) is 2.52. The SMILES string of the molecule is CC(NCC(O)COc1ccc(Br)cc1)c1ccc(-n2cnnn2)cc1. The zero-order valence-corrected chi connectivity index (χ0v) is 15.9. The zero-order valence-electron chi connectivity index (χ0n) is 14.3. The quantitative estimate of drug-likeness (QED) is 0.585. The van der Waals surface area contributed by atoms with E-state index in [1.54, 1.807) is 11.0 Å². The van der Waals surface area contributed by atoms with Crippen LogP contribution in [0.25, 0.3) is 5.69 Å². The minimum Gasteiger partial charge on any atom is -0.491 e. The van der Waals surface area contributed by atoms with Crippen LogP contribution in [0.15, 0.2) is 59.3 Å². The van der Waals surface area contributed by atoms with Crippen LogP contribution in [-0.4, -0.2) is 44.6 Å². The third kappa shape index (κ3) is 5.10. The first kappa shape index (κ1) is 18.5. The van der Waals surface area contributed by atoms with Gasteiger partial charge < -0.3 is 15.2 Å². The van der Waals surface area contributed by atoms with Gasteiger partial charge in [-0.1, -0.05) is 28.1 Å². The molecule has 0 amide bonds. The summed E-state index contributed by atoms with van der Waals surface area (Å²) in [5.74, 6) is 0.735. The maximum absolute atomic E-state index is 10.1. The number of rotatable bonds is 8. The Labute approximate surface area is 160 Å². The molecule has 7 nitrogen and oxygen atoms in total. The van der Waals surface area contributed by atoms with E-state index in [1.165, 1.54) is 0 Å². The second-order valence-electron chi connectivity index (χ2n) is 5.89. The molecule has 2 N–H and O–H groups in total. The van der Waals surface area contributed by atoms with Crippen LogP contribution >= 0.6 is 15.9 Å². The molecule has 0 radical (unpaired) electrons. The van der Waals surface area contributed by atoms with Gasteiger partial charge in [-0.15, -0.1) is 5.10 Å². The molecule has 3 rings (SSSR count). The lowest BCUT2D eigenvalue weighted by Gasteiger charge is -2.18. The summed E-state index contributed by atoms with van der Waals surface area (Å²) in [6, 6.07) is 15.6.